The van der Waals surface area contributed by atoms with Gasteiger partial charge in [0, 0.05) is 0 Å². The molecule has 1 heterocycles. The van der Waals surface area contributed by atoms with Gasteiger partial charge in [-0.25, -0.2) is 9.86 Å². The molecule has 1 N–H and O–H groups in total. The second-order valence-corrected chi connectivity index (χ2v) is 5.91. The van der Waals surface area contributed by atoms with E-state index in [1.165, 1.54) is 50.7 Å². The monoisotopic (exact) mass is 298 g/mol. The van der Waals surface area contributed by atoms with E-state index in [4.69, 9.17) is 9.57 Å². The van der Waals surface area contributed by atoms with Crippen molar-refractivity contribution in [2.24, 2.45) is 5.92 Å². The highest BCUT2D eigenvalue weighted by Gasteiger charge is 2.38. The Morgan fingerprint density at radius 1 is 1.29 bits per heavy atom. The maximum absolute atomic E-state index is 11.5. The van der Waals surface area contributed by atoms with Crippen molar-refractivity contribution in [2.75, 3.05) is 20.3 Å². The molecule has 0 unspecified atom stereocenters. The first-order chi connectivity index (χ1) is 10.2. The molecule has 2 rings (SSSR count). The minimum absolute atomic E-state index is 0.230. The molecule has 0 bridgehead atoms. The van der Waals surface area contributed by atoms with E-state index in [1.54, 1.807) is 0 Å². The van der Waals surface area contributed by atoms with Crippen molar-refractivity contribution in [3.8, 4) is 0 Å². The zero-order valence-corrected chi connectivity index (χ0v) is 12.8. The summed E-state index contributed by atoms with van der Waals surface area (Å²) in [4.78, 5) is 27.7. The number of hydrogen-bond acceptors (Lipinski definition) is 4. The molecular weight excluding hydrogens is 272 g/mol. The predicted molar refractivity (Wildman–Crippen MR) is 77.4 cm³/mol. The van der Waals surface area contributed by atoms with Crippen LogP contribution in [-0.4, -0.2) is 43.4 Å². The average Bonchev–Trinajstić information content (AvgIpc) is 2.51. The number of hydroxylamine groups is 2. The number of carbonyl (C=O) groups excluding carboxylic acids is 2. The Balaban J connectivity index is 1.47. The SMILES string of the molecule is CON1C[C@H](NC(=O)OCCCCC2CCCCC2)C1=O. The number of nitrogens with zero attached hydrogens (tertiary/aromatic N) is 1. The molecule has 2 amide bonds. The van der Waals surface area contributed by atoms with Crippen molar-refractivity contribution in [2.45, 2.75) is 57.4 Å². The van der Waals surface area contributed by atoms with Gasteiger partial charge in [0.25, 0.3) is 5.91 Å². The maximum atomic E-state index is 11.5. The molecule has 6 nitrogen and oxygen atoms in total. The summed E-state index contributed by atoms with van der Waals surface area (Å²) in [6.07, 6.45) is 9.60. The molecule has 6 heteroatoms. The number of amides is 2. The number of unbranched alkanes of at least 4 members (excludes halogenated alkanes) is 1. The standard InChI is InChI=1S/C15H26N2O4/c1-20-17-11-13(14(17)18)16-15(19)21-10-6-5-9-12-7-3-2-4-8-12/h12-13H,2-11H2,1H3,(H,16,19)/t13-/m0/s1. The Bertz CT molecular complexity index is 356. The van der Waals surface area contributed by atoms with Gasteiger partial charge < -0.3 is 10.1 Å². The molecule has 0 aromatic heterocycles. The number of nitrogens with one attached hydrogen (secondary N) is 1. The summed E-state index contributed by atoms with van der Waals surface area (Å²) in [5.41, 5.74) is 0. The minimum atomic E-state index is -0.512. The summed E-state index contributed by atoms with van der Waals surface area (Å²) in [5, 5.41) is 3.74. The van der Waals surface area contributed by atoms with Gasteiger partial charge in [0.2, 0.25) is 0 Å². The highest BCUT2D eigenvalue weighted by atomic mass is 16.7. The second-order valence-electron chi connectivity index (χ2n) is 5.91. The quantitative estimate of drug-likeness (QED) is 0.578. The van der Waals surface area contributed by atoms with Crippen LogP contribution in [0.2, 0.25) is 0 Å². The first-order valence-electron chi connectivity index (χ1n) is 7.99. The highest BCUT2D eigenvalue weighted by molar-refractivity contribution is 5.90. The lowest BCUT2D eigenvalue weighted by Gasteiger charge is -2.35. The first-order valence-corrected chi connectivity index (χ1v) is 7.99. The van der Waals surface area contributed by atoms with Gasteiger partial charge in [0.1, 0.15) is 6.04 Å². The molecule has 120 valence electrons. The largest absolute Gasteiger partial charge is 0.450 e. The van der Waals surface area contributed by atoms with Gasteiger partial charge in [-0.3, -0.25) is 9.63 Å². The summed E-state index contributed by atoms with van der Waals surface area (Å²) in [6.45, 7) is 0.805. The Hall–Kier alpha value is -1.30. The molecular formula is C15H26N2O4. The van der Waals surface area contributed by atoms with Crippen molar-refractivity contribution in [3.63, 3.8) is 0 Å². The number of alkyl carbamates (subject to hydrolysis) is 1. The van der Waals surface area contributed by atoms with E-state index in [0.29, 0.717) is 13.2 Å². The summed E-state index contributed by atoms with van der Waals surface area (Å²) < 4.78 is 5.09. The van der Waals surface area contributed by atoms with Crippen LogP contribution in [-0.2, 0) is 14.4 Å². The highest BCUT2D eigenvalue weighted by Crippen LogP contribution is 2.27. The van der Waals surface area contributed by atoms with Crippen LogP contribution in [0.5, 0.6) is 0 Å². The summed E-state index contributed by atoms with van der Waals surface area (Å²) >= 11 is 0. The van der Waals surface area contributed by atoms with Crippen LogP contribution in [0.3, 0.4) is 0 Å². The van der Waals surface area contributed by atoms with Gasteiger partial charge in [-0.05, 0) is 18.8 Å². The third kappa shape index (κ3) is 4.88. The third-order valence-electron chi connectivity index (χ3n) is 4.37. The topological polar surface area (TPSA) is 67.9 Å². The molecule has 1 saturated carbocycles. The smallest absolute Gasteiger partial charge is 0.407 e. The van der Waals surface area contributed by atoms with Gasteiger partial charge in [0.05, 0.1) is 20.3 Å². The van der Waals surface area contributed by atoms with E-state index < -0.39 is 12.1 Å². The molecule has 2 aliphatic rings. The molecule has 0 radical (unpaired) electrons. The van der Waals surface area contributed by atoms with E-state index >= 15 is 0 Å². The van der Waals surface area contributed by atoms with Gasteiger partial charge in [-0.15, -0.1) is 0 Å². The Labute approximate surface area is 126 Å². The molecule has 21 heavy (non-hydrogen) atoms. The molecule has 1 aliphatic carbocycles. The van der Waals surface area contributed by atoms with Crippen LogP contribution < -0.4 is 5.32 Å². The number of β-lactam (4-membered cyclic amide) rings is 1. The lowest BCUT2D eigenvalue weighted by Crippen LogP contribution is -2.63. The number of ether oxygens (including phenoxy) is 1. The molecule has 1 aliphatic heterocycles. The summed E-state index contributed by atoms with van der Waals surface area (Å²) in [6, 6.07) is -0.500. The van der Waals surface area contributed by atoms with Gasteiger partial charge >= 0.3 is 6.09 Å². The zero-order valence-electron chi connectivity index (χ0n) is 12.8. The Morgan fingerprint density at radius 3 is 2.71 bits per heavy atom. The zero-order chi connectivity index (χ0) is 15.1. The minimum Gasteiger partial charge on any atom is -0.450 e. The number of rotatable bonds is 7. The van der Waals surface area contributed by atoms with Crippen molar-refractivity contribution in [1.29, 1.82) is 0 Å². The van der Waals surface area contributed by atoms with Crippen LogP contribution in [0.25, 0.3) is 0 Å². The van der Waals surface area contributed by atoms with Gasteiger partial charge in [0.15, 0.2) is 0 Å². The Morgan fingerprint density at radius 2 is 2.05 bits per heavy atom. The molecule has 0 aromatic rings. The maximum Gasteiger partial charge on any atom is 0.407 e. The average molecular weight is 298 g/mol. The van der Waals surface area contributed by atoms with Crippen LogP contribution in [0.15, 0.2) is 0 Å². The van der Waals surface area contributed by atoms with E-state index in [0.717, 1.165) is 18.8 Å². The van der Waals surface area contributed by atoms with Crippen molar-refractivity contribution < 1.29 is 19.2 Å². The van der Waals surface area contributed by atoms with Crippen molar-refractivity contribution in [3.05, 3.63) is 0 Å². The van der Waals surface area contributed by atoms with Gasteiger partial charge in [-0.2, -0.15) is 0 Å². The van der Waals surface area contributed by atoms with Crippen LogP contribution in [0.4, 0.5) is 4.79 Å². The lowest BCUT2D eigenvalue weighted by molar-refractivity contribution is -0.202. The fraction of sp³-hybridized carbons (Fsp3) is 0.867. The molecule has 2 fully saturated rings. The molecule has 0 spiro atoms. The summed E-state index contributed by atoms with van der Waals surface area (Å²) in [5.74, 6) is 0.645. The van der Waals surface area contributed by atoms with E-state index in [1.807, 2.05) is 0 Å². The van der Waals surface area contributed by atoms with Crippen molar-refractivity contribution in [1.82, 2.24) is 10.4 Å². The third-order valence-corrected chi connectivity index (χ3v) is 4.37. The van der Waals surface area contributed by atoms with Crippen molar-refractivity contribution >= 4 is 12.0 Å². The normalized spacial score (nSPS) is 22.8. The fourth-order valence-electron chi connectivity index (χ4n) is 3.03. The van der Waals surface area contributed by atoms with Gasteiger partial charge in [-0.1, -0.05) is 38.5 Å². The van der Waals surface area contributed by atoms with Crippen LogP contribution in [0.1, 0.15) is 51.4 Å². The lowest BCUT2D eigenvalue weighted by atomic mass is 9.86. The predicted octanol–water partition coefficient (Wildman–Crippen LogP) is 2.24. The van der Waals surface area contributed by atoms with E-state index in [9.17, 15) is 9.59 Å². The number of carbonyl (C=O) groups is 2. The number of hydrogen-bond donors (Lipinski definition) is 1. The molecule has 1 saturated heterocycles. The van der Waals surface area contributed by atoms with E-state index in [2.05, 4.69) is 5.32 Å². The molecule has 1 atom stereocenters. The summed E-state index contributed by atoms with van der Waals surface area (Å²) in [7, 11) is 1.43. The van der Waals surface area contributed by atoms with Crippen LogP contribution in [0, 0.1) is 5.92 Å². The first kappa shape index (κ1) is 16.1. The van der Waals surface area contributed by atoms with Crippen LogP contribution >= 0.6 is 0 Å². The van der Waals surface area contributed by atoms with E-state index in [-0.39, 0.29) is 5.91 Å². The fourth-order valence-corrected chi connectivity index (χ4v) is 3.03. The Kier molecular flexibility index (Phi) is 6.29. The molecule has 0 aromatic carbocycles. The second kappa shape index (κ2) is 8.22.